The fourth-order valence-corrected chi connectivity index (χ4v) is 5.89. The van der Waals surface area contributed by atoms with E-state index in [2.05, 4.69) is 16.1 Å². The smallest absolute Gasteiger partial charge is 0.315 e. The highest BCUT2D eigenvalue weighted by atomic mass is 35.5. The van der Waals surface area contributed by atoms with Gasteiger partial charge in [-0.05, 0) is 49.4 Å². The number of hydrazine groups is 1. The largest absolute Gasteiger partial charge is 0.356 e. The van der Waals surface area contributed by atoms with Gasteiger partial charge in [-0.2, -0.15) is 8.78 Å². The number of nitrogens with one attached hydrogen (secondary N) is 3. The number of hydrogen-bond acceptors (Lipinski definition) is 5. The number of piperidine rings is 1. The van der Waals surface area contributed by atoms with Crippen LogP contribution in [-0.2, 0) is 24.0 Å². The molecule has 220 valence electrons. The van der Waals surface area contributed by atoms with Gasteiger partial charge in [0.25, 0.3) is 23.4 Å². The summed E-state index contributed by atoms with van der Waals surface area (Å²) in [5, 5.41) is 5.51. The van der Waals surface area contributed by atoms with Crippen molar-refractivity contribution < 1.29 is 37.1 Å². The molecule has 0 spiro atoms. The maximum atomic E-state index is 13.9. The number of fused-ring (bicyclic) bond motifs is 1. The van der Waals surface area contributed by atoms with Gasteiger partial charge < -0.3 is 15.5 Å². The van der Waals surface area contributed by atoms with Gasteiger partial charge in [-0.15, -0.1) is 0 Å². The summed E-state index contributed by atoms with van der Waals surface area (Å²) in [5.41, 5.74) is -1.000. The first-order chi connectivity index (χ1) is 18.3. The van der Waals surface area contributed by atoms with Crippen LogP contribution in [0.1, 0.15) is 59.3 Å². The normalized spacial score (nSPS) is 26.5. The van der Waals surface area contributed by atoms with Crippen molar-refractivity contribution >= 4 is 41.1 Å². The molecule has 3 fully saturated rings. The second-order valence-electron chi connectivity index (χ2n) is 11.2. The van der Waals surface area contributed by atoms with Gasteiger partial charge in [0.2, 0.25) is 11.8 Å². The molecule has 0 aromatic heterocycles. The summed E-state index contributed by atoms with van der Waals surface area (Å²) in [6, 6.07) is -2.42. The lowest BCUT2D eigenvalue weighted by atomic mass is 9.80. The molecule has 5 amide bonds. The molecule has 10 nitrogen and oxygen atoms in total. The zero-order chi connectivity index (χ0) is 29.1. The second kappa shape index (κ2) is 12.7. The van der Waals surface area contributed by atoms with Crippen LogP contribution in [0, 0.1) is 23.2 Å². The van der Waals surface area contributed by atoms with Gasteiger partial charge >= 0.3 is 6.43 Å². The number of rotatable bonds is 9. The lowest BCUT2D eigenvalue weighted by Gasteiger charge is -2.38. The third kappa shape index (κ3) is 6.96. The van der Waals surface area contributed by atoms with Crippen LogP contribution in [0.25, 0.3) is 0 Å². The molecule has 1 aliphatic carbocycles. The molecule has 2 unspecified atom stereocenters. The van der Waals surface area contributed by atoms with Crippen LogP contribution in [0.5, 0.6) is 0 Å². The number of alkyl halides is 4. The van der Waals surface area contributed by atoms with Crippen LogP contribution in [0.15, 0.2) is 0 Å². The molecule has 3 rings (SSSR count). The number of carbonyl (C=O) groups is 5. The van der Waals surface area contributed by atoms with E-state index in [0.717, 1.165) is 12.8 Å². The molecule has 6 atom stereocenters. The maximum Gasteiger partial charge on any atom is 0.315 e. The maximum absolute atomic E-state index is 13.9. The molecule has 3 N–H and O–H groups in total. The summed E-state index contributed by atoms with van der Waals surface area (Å²) in [4.78, 5) is 65.5. The second-order valence-corrected chi connectivity index (χ2v) is 11.6. The molecule has 0 bridgehead atoms. The monoisotopic (exact) mass is 579 g/mol. The minimum atomic E-state index is -3.33. The van der Waals surface area contributed by atoms with E-state index in [-0.39, 0.29) is 30.8 Å². The van der Waals surface area contributed by atoms with Gasteiger partial charge in [0.15, 0.2) is 0 Å². The van der Waals surface area contributed by atoms with Gasteiger partial charge in [0, 0.05) is 13.1 Å². The van der Waals surface area contributed by atoms with Crippen molar-refractivity contribution in [3.05, 3.63) is 0 Å². The van der Waals surface area contributed by atoms with Crippen molar-refractivity contribution in [2.75, 3.05) is 19.6 Å². The quantitative estimate of drug-likeness (QED) is 0.283. The highest BCUT2D eigenvalue weighted by molar-refractivity contribution is 6.29. The average Bonchev–Trinajstić information content (AvgIpc) is 3.48. The minimum Gasteiger partial charge on any atom is -0.356 e. The summed E-state index contributed by atoms with van der Waals surface area (Å²) in [5.74, 6) is -5.66. The summed E-state index contributed by atoms with van der Waals surface area (Å²) >= 11 is 5.39. The number of carbonyl (C=O) groups excluding carboxylic acids is 5. The molecule has 3 aliphatic rings. The van der Waals surface area contributed by atoms with Crippen LogP contribution < -0.4 is 16.1 Å². The molecule has 14 heteroatoms. The molecule has 2 heterocycles. The Bertz CT molecular complexity index is 968. The number of nitrogens with zero attached hydrogens (tertiary/aromatic N) is 2. The van der Waals surface area contributed by atoms with Gasteiger partial charge in [0.1, 0.15) is 12.1 Å². The molecule has 2 aliphatic heterocycles. The lowest BCUT2D eigenvalue weighted by Crippen LogP contribution is -2.61. The fourth-order valence-electron chi connectivity index (χ4n) is 5.77. The summed E-state index contributed by atoms with van der Waals surface area (Å²) < 4.78 is 40.1. The number of hydrogen-bond donors (Lipinski definition) is 3. The van der Waals surface area contributed by atoms with E-state index in [1.807, 2.05) is 0 Å². The SMILES string of the molecule is CCC(C)(C)C(NC(=O)C(F)F)C(=O)N1C[C@@H]2CCC[C@@H]2[C@H]1C(=O)NN(C[C@@H]1CCCNC1=O)C(=O)C(F)Cl. The first-order valence-corrected chi connectivity index (χ1v) is 13.8. The van der Waals surface area contributed by atoms with E-state index < -0.39 is 59.1 Å². The average molecular weight is 580 g/mol. The third-order valence-electron chi connectivity index (χ3n) is 8.37. The molecular formula is C25H37ClF3N5O5. The van der Waals surface area contributed by atoms with Crippen molar-refractivity contribution in [3.63, 3.8) is 0 Å². The van der Waals surface area contributed by atoms with Crippen molar-refractivity contribution in [2.45, 2.75) is 83.4 Å². The van der Waals surface area contributed by atoms with Crippen LogP contribution in [0.4, 0.5) is 13.2 Å². The first-order valence-electron chi connectivity index (χ1n) is 13.3. The Morgan fingerprint density at radius 1 is 1.15 bits per heavy atom. The molecule has 2 saturated heterocycles. The Morgan fingerprint density at radius 3 is 2.44 bits per heavy atom. The van der Waals surface area contributed by atoms with Gasteiger partial charge in [0.05, 0.1) is 12.5 Å². The molecule has 1 saturated carbocycles. The van der Waals surface area contributed by atoms with Crippen molar-refractivity contribution in [1.29, 1.82) is 0 Å². The molecule has 0 radical (unpaired) electrons. The van der Waals surface area contributed by atoms with Crippen LogP contribution in [0.3, 0.4) is 0 Å². The van der Waals surface area contributed by atoms with E-state index in [9.17, 15) is 37.1 Å². The zero-order valence-corrected chi connectivity index (χ0v) is 23.1. The van der Waals surface area contributed by atoms with Gasteiger partial charge in [-0.25, -0.2) is 9.40 Å². The molecule has 0 aromatic carbocycles. The topological polar surface area (TPSA) is 128 Å². The highest BCUT2D eigenvalue weighted by Crippen LogP contribution is 2.43. The van der Waals surface area contributed by atoms with E-state index in [1.54, 1.807) is 20.8 Å². The Hall–Kier alpha value is -2.57. The summed E-state index contributed by atoms with van der Waals surface area (Å²) in [7, 11) is 0. The number of halogens is 4. The fraction of sp³-hybridized carbons (Fsp3) is 0.800. The third-order valence-corrected chi connectivity index (χ3v) is 8.55. The van der Waals surface area contributed by atoms with Crippen molar-refractivity contribution in [1.82, 2.24) is 26.0 Å². The Balaban J connectivity index is 1.88. The predicted octanol–water partition coefficient (Wildman–Crippen LogP) is 1.72. The Labute approximate surface area is 230 Å². The highest BCUT2D eigenvalue weighted by Gasteiger charge is 2.52. The molecular weight excluding hydrogens is 543 g/mol. The van der Waals surface area contributed by atoms with Crippen molar-refractivity contribution in [3.8, 4) is 0 Å². The predicted molar refractivity (Wildman–Crippen MR) is 135 cm³/mol. The Kier molecular flexibility index (Phi) is 10.1. The first kappa shape index (κ1) is 31.0. The molecule has 0 aromatic rings. The zero-order valence-electron chi connectivity index (χ0n) is 22.4. The Morgan fingerprint density at radius 2 is 1.85 bits per heavy atom. The minimum absolute atomic E-state index is 0.0453. The lowest BCUT2D eigenvalue weighted by molar-refractivity contribution is -0.151. The van der Waals surface area contributed by atoms with E-state index >= 15 is 0 Å². The summed E-state index contributed by atoms with van der Waals surface area (Å²) in [6.45, 7) is 5.39. The van der Waals surface area contributed by atoms with Crippen LogP contribution in [0.2, 0.25) is 0 Å². The van der Waals surface area contributed by atoms with E-state index in [4.69, 9.17) is 11.6 Å². The number of likely N-dealkylation sites (tertiary alicyclic amines) is 1. The van der Waals surface area contributed by atoms with E-state index in [1.165, 1.54) is 4.90 Å². The molecule has 39 heavy (non-hydrogen) atoms. The standard InChI is InChI=1S/C25H37ClF3N5O5/c1-4-25(2,3)17(31-22(37)19(28)29)23(38)33-11-13-7-5-9-15(13)16(33)21(36)32-34(24(39)18(26)27)12-14-8-6-10-30-20(14)35/h13-19H,4-12H2,1-3H3,(H,30,35)(H,31,37)(H,32,36)/t13-,14-,15-,16-,17?,18?/m0/s1. The van der Waals surface area contributed by atoms with Gasteiger partial charge in [-0.3, -0.25) is 29.4 Å². The summed E-state index contributed by atoms with van der Waals surface area (Å²) in [6.07, 6.45) is 0.253. The van der Waals surface area contributed by atoms with Gasteiger partial charge in [-0.1, -0.05) is 38.8 Å². The van der Waals surface area contributed by atoms with Crippen LogP contribution in [-0.4, -0.2) is 83.2 Å². The number of amides is 5. The van der Waals surface area contributed by atoms with E-state index in [0.29, 0.717) is 37.2 Å². The van der Waals surface area contributed by atoms with Crippen LogP contribution >= 0.6 is 11.6 Å². The van der Waals surface area contributed by atoms with Crippen molar-refractivity contribution in [2.24, 2.45) is 23.2 Å².